The van der Waals surface area contributed by atoms with Crippen LogP contribution in [0.15, 0.2) is 83.4 Å². The van der Waals surface area contributed by atoms with E-state index in [4.69, 9.17) is 4.99 Å². The summed E-state index contributed by atoms with van der Waals surface area (Å²) in [6.45, 7) is 0. The normalized spacial score (nSPS) is 15.0. The number of para-hydroxylation sites is 1. The number of aromatic amines is 1. The fourth-order valence-corrected chi connectivity index (χ4v) is 4.34. The molecule has 5 nitrogen and oxygen atoms in total. The van der Waals surface area contributed by atoms with E-state index in [0.717, 1.165) is 16.5 Å². The summed E-state index contributed by atoms with van der Waals surface area (Å²) in [6.07, 6.45) is 0. The first-order chi connectivity index (χ1) is 14.6. The molecule has 0 radical (unpaired) electrons. The third-order valence-corrected chi connectivity index (χ3v) is 5.69. The molecule has 2 aliphatic rings. The molecular weight excluding hydrogens is 376 g/mol. The maximum Gasteiger partial charge on any atom is 0.199 e. The van der Waals surface area contributed by atoms with E-state index >= 15 is 0 Å². The molecule has 6 rings (SSSR count). The summed E-state index contributed by atoms with van der Waals surface area (Å²) in [5, 5.41) is 11.5. The predicted molar refractivity (Wildman–Crippen MR) is 114 cm³/mol. The van der Waals surface area contributed by atoms with Gasteiger partial charge in [0.15, 0.2) is 17.4 Å². The molecule has 0 saturated heterocycles. The summed E-state index contributed by atoms with van der Waals surface area (Å²) in [6, 6.07) is 21.8. The van der Waals surface area contributed by atoms with E-state index in [1.807, 2.05) is 48.5 Å². The van der Waals surface area contributed by atoms with Crippen LogP contribution in [0, 0.1) is 0 Å². The van der Waals surface area contributed by atoms with E-state index in [-0.39, 0.29) is 23.0 Å². The second kappa shape index (κ2) is 5.87. The van der Waals surface area contributed by atoms with E-state index in [1.165, 1.54) is 0 Å². The van der Waals surface area contributed by atoms with E-state index in [2.05, 4.69) is 4.98 Å². The number of H-pyrrole nitrogens is 1. The number of carbonyl (C=O) groups excluding carboxylic acids is 2. The van der Waals surface area contributed by atoms with Crippen LogP contribution >= 0.6 is 0 Å². The van der Waals surface area contributed by atoms with Crippen LogP contribution in [-0.4, -0.2) is 27.4 Å². The summed E-state index contributed by atoms with van der Waals surface area (Å²) in [5.41, 5.74) is 4.62. The SMILES string of the molecule is O=C1C(=C2N=C(c3c(O)[nH]c4ccccc34)c3ccccc32)C(=O)c2ccccc21. The Balaban J connectivity index is 1.66. The Labute approximate surface area is 171 Å². The number of aromatic nitrogens is 1. The van der Waals surface area contributed by atoms with E-state index in [0.29, 0.717) is 33.7 Å². The minimum atomic E-state index is -0.312. The Hall–Kier alpha value is -4.25. The number of benzene rings is 3. The number of hydrogen-bond donors (Lipinski definition) is 2. The maximum atomic E-state index is 13.1. The number of Topliss-reactive ketones (excluding diaryl/α,β-unsaturated/α-hetero) is 2. The molecule has 2 N–H and O–H groups in total. The molecule has 0 bridgehead atoms. The summed E-state index contributed by atoms with van der Waals surface area (Å²) in [4.78, 5) is 33.9. The van der Waals surface area contributed by atoms with Gasteiger partial charge in [-0.05, 0) is 6.07 Å². The second-order valence-electron chi connectivity index (χ2n) is 7.33. The lowest BCUT2D eigenvalue weighted by molar-refractivity contribution is 0.0990. The van der Waals surface area contributed by atoms with Gasteiger partial charge >= 0.3 is 0 Å². The van der Waals surface area contributed by atoms with Crippen LogP contribution in [0.5, 0.6) is 5.88 Å². The Morgan fingerprint density at radius 3 is 1.97 bits per heavy atom. The quantitative estimate of drug-likeness (QED) is 0.370. The molecule has 30 heavy (non-hydrogen) atoms. The minimum absolute atomic E-state index is 0.00311. The number of aliphatic imine (C=N–C) groups is 1. The molecule has 142 valence electrons. The highest BCUT2D eigenvalue weighted by Crippen LogP contribution is 2.41. The van der Waals surface area contributed by atoms with Crippen LogP contribution < -0.4 is 0 Å². The summed E-state index contributed by atoms with van der Waals surface area (Å²) >= 11 is 0. The van der Waals surface area contributed by atoms with Crippen molar-refractivity contribution >= 4 is 33.9 Å². The maximum absolute atomic E-state index is 13.1. The fourth-order valence-electron chi connectivity index (χ4n) is 4.34. The van der Waals surface area contributed by atoms with Crippen molar-refractivity contribution in [1.82, 2.24) is 4.98 Å². The van der Waals surface area contributed by atoms with Gasteiger partial charge in [-0.1, -0.05) is 66.7 Å². The van der Waals surface area contributed by atoms with Crippen LogP contribution in [0.25, 0.3) is 16.6 Å². The first-order valence-electron chi connectivity index (χ1n) is 9.56. The van der Waals surface area contributed by atoms with Crippen molar-refractivity contribution in [3.8, 4) is 5.88 Å². The molecule has 0 spiro atoms. The summed E-state index contributed by atoms with van der Waals surface area (Å²) < 4.78 is 0. The van der Waals surface area contributed by atoms with Gasteiger partial charge in [-0.3, -0.25) is 9.59 Å². The average molecular weight is 390 g/mol. The highest BCUT2D eigenvalue weighted by Gasteiger charge is 2.38. The second-order valence-corrected chi connectivity index (χ2v) is 7.33. The van der Waals surface area contributed by atoms with Crippen molar-refractivity contribution in [3.05, 3.63) is 106 Å². The zero-order valence-electron chi connectivity index (χ0n) is 15.6. The molecule has 4 aromatic rings. The van der Waals surface area contributed by atoms with Gasteiger partial charge in [0.05, 0.1) is 22.5 Å². The molecular formula is C25H14N2O3. The van der Waals surface area contributed by atoms with Gasteiger partial charge < -0.3 is 10.1 Å². The number of carbonyl (C=O) groups is 2. The number of fused-ring (bicyclic) bond motifs is 3. The molecule has 1 aromatic heterocycles. The standard InChI is InChI=1S/C25H14N2O3/c28-23-15-9-3-4-10-16(15)24(29)20(23)22-14-8-2-1-7-13(14)21(27-22)19-17-11-5-6-12-18(17)26-25(19)30/h1-12,26,30H. The van der Waals surface area contributed by atoms with Crippen molar-refractivity contribution < 1.29 is 14.7 Å². The zero-order chi connectivity index (χ0) is 20.4. The zero-order valence-corrected chi connectivity index (χ0v) is 15.6. The van der Waals surface area contributed by atoms with Crippen molar-refractivity contribution in [2.24, 2.45) is 4.99 Å². The lowest BCUT2D eigenvalue weighted by Gasteiger charge is -2.03. The van der Waals surface area contributed by atoms with Gasteiger partial charge in [-0.15, -0.1) is 0 Å². The van der Waals surface area contributed by atoms with Crippen LogP contribution in [0.2, 0.25) is 0 Å². The molecule has 5 heteroatoms. The Bertz CT molecular complexity index is 1450. The van der Waals surface area contributed by atoms with Gasteiger partial charge in [0.1, 0.15) is 0 Å². The monoisotopic (exact) mass is 390 g/mol. The number of allylic oxidation sites excluding steroid dienone is 1. The minimum Gasteiger partial charge on any atom is -0.494 e. The predicted octanol–water partition coefficient (Wildman–Crippen LogP) is 4.51. The van der Waals surface area contributed by atoms with E-state index in [1.54, 1.807) is 24.3 Å². The van der Waals surface area contributed by atoms with Crippen LogP contribution in [0.3, 0.4) is 0 Å². The molecule has 0 atom stereocenters. The third kappa shape index (κ3) is 2.09. The summed E-state index contributed by atoms with van der Waals surface area (Å²) in [5.74, 6) is -0.620. The van der Waals surface area contributed by atoms with E-state index < -0.39 is 0 Å². The van der Waals surface area contributed by atoms with Gasteiger partial charge in [0.25, 0.3) is 0 Å². The number of rotatable bonds is 1. The largest absolute Gasteiger partial charge is 0.494 e. The molecule has 1 aliphatic heterocycles. The molecule has 0 saturated carbocycles. The molecule has 2 heterocycles. The van der Waals surface area contributed by atoms with Crippen molar-refractivity contribution in [2.45, 2.75) is 0 Å². The molecule has 0 amide bonds. The molecule has 0 unspecified atom stereocenters. The topological polar surface area (TPSA) is 82.5 Å². The Morgan fingerprint density at radius 1 is 0.700 bits per heavy atom. The fraction of sp³-hybridized carbons (Fsp3) is 0. The van der Waals surface area contributed by atoms with Crippen molar-refractivity contribution in [1.29, 1.82) is 0 Å². The first-order valence-corrected chi connectivity index (χ1v) is 9.56. The number of hydrogen-bond acceptors (Lipinski definition) is 4. The lowest BCUT2D eigenvalue weighted by atomic mass is 9.96. The number of ketones is 2. The summed E-state index contributed by atoms with van der Waals surface area (Å²) in [7, 11) is 0. The van der Waals surface area contributed by atoms with Crippen molar-refractivity contribution in [2.75, 3.05) is 0 Å². The molecule has 1 aliphatic carbocycles. The Morgan fingerprint density at radius 2 is 1.27 bits per heavy atom. The highest BCUT2D eigenvalue weighted by molar-refractivity contribution is 6.43. The molecule has 0 fully saturated rings. The van der Waals surface area contributed by atoms with Crippen LogP contribution in [0.1, 0.15) is 37.4 Å². The average Bonchev–Trinajstić information content (AvgIpc) is 3.38. The smallest absolute Gasteiger partial charge is 0.199 e. The van der Waals surface area contributed by atoms with Gasteiger partial charge in [-0.2, -0.15) is 0 Å². The van der Waals surface area contributed by atoms with Gasteiger partial charge in [0, 0.05) is 33.2 Å². The van der Waals surface area contributed by atoms with E-state index in [9.17, 15) is 14.7 Å². The van der Waals surface area contributed by atoms with Crippen molar-refractivity contribution in [3.63, 3.8) is 0 Å². The van der Waals surface area contributed by atoms with Gasteiger partial charge in [-0.25, -0.2) is 4.99 Å². The van der Waals surface area contributed by atoms with Crippen LogP contribution in [0.4, 0.5) is 0 Å². The molecule has 3 aromatic carbocycles. The van der Waals surface area contributed by atoms with Gasteiger partial charge in [0.2, 0.25) is 0 Å². The first kappa shape index (κ1) is 16.7. The number of nitrogens with zero attached hydrogens (tertiary/aromatic N) is 1. The van der Waals surface area contributed by atoms with Crippen LogP contribution in [-0.2, 0) is 0 Å². The highest BCUT2D eigenvalue weighted by atomic mass is 16.3. The lowest BCUT2D eigenvalue weighted by Crippen LogP contribution is -2.03. The Kier molecular flexibility index (Phi) is 3.27. The number of aromatic hydroxyl groups is 1. The third-order valence-electron chi connectivity index (χ3n) is 5.69. The number of nitrogens with one attached hydrogen (secondary N) is 1.